The number of fused-ring (bicyclic) bond motifs is 1. The van der Waals surface area contributed by atoms with Crippen LogP contribution in [-0.4, -0.2) is 80.7 Å². The van der Waals surface area contributed by atoms with Crippen molar-refractivity contribution in [2.75, 3.05) is 33.8 Å². The van der Waals surface area contributed by atoms with E-state index in [1.54, 1.807) is 25.2 Å². The zero-order valence-corrected chi connectivity index (χ0v) is 15.6. The van der Waals surface area contributed by atoms with Crippen LogP contribution in [0.1, 0.15) is 18.9 Å². The topological polar surface area (TPSA) is 68.4 Å². The van der Waals surface area contributed by atoms with Gasteiger partial charge in [-0.1, -0.05) is 0 Å². The second kappa shape index (κ2) is 6.85. The van der Waals surface area contributed by atoms with Gasteiger partial charge in [0.25, 0.3) is 0 Å². The number of ether oxygens (including phenoxy) is 1. The van der Waals surface area contributed by atoms with Crippen LogP contribution in [0.2, 0.25) is 0 Å². The minimum atomic E-state index is -0.0169. The van der Waals surface area contributed by atoms with Crippen molar-refractivity contribution >= 4 is 5.91 Å². The lowest BCUT2D eigenvalue weighted by Gasteiger charge is -2.35. The van der Waals surface area contributed by atoms with Gasteiger partial charge in [-0.15, -0.1) is 0 Å². The number of morpholine rings is 1. The zero-order chi connectivity index (χ0) is 18.3. The fraction of sp³-hybridized carbons (Fsp3) is 0.611. The van der Waals surface area contributed by atoms with Crippen molar-refractivity contribution in [2.45, 2.75) is 31.0 Å². The summed E-state index contributed by atoms with van der Waals surface area (Å²) in [6.45, 7) is 2.45. The van der Waals surface area contributed by atoms with Crippen LogP contribution in [0, 0.1) is 0 Å². The van der Waals surface area contributed by atoms with E-state index in [1.165, 1.54) is 0 Å². The first-order valence-corrected chi connectivity index (χ1v) is 9.09. The highest BCUT2D eigenvalue weighted by Crippen LogP contribution is 2.33. The third kappa shape index (κ3) is 3.14. The number of carbonyl (C=O) groups is 1. The van der Waals surface area contributed by atoms with Gasteiger partial charge in [0, 0.05) is 71.1 Å². The summed E-state index contributed by atoms with van der Waals surface area (Å²) < 4.78 is 10.2. The third-order valence-electron chi connectivity index (χ3n) is 5.45. The number of carbonyl (C=O) groups excluding carboxylic acids is 1. The number of aromatic nitrogens is 4. The Kier molecular flexibility index (Phi) is 4.54. The maximum absolute atomic E-state index is 12.0. The van der Waals surface area contributed by atoms with Gasteiger partial charge in [0.1, 0.15) is 0 Å². The van der Waals surface area contributed by atoms with Gasteiger partial charge in [-0.25, -0.2) is 9.97 Å². The molecule has 0 radical (unpaired) electrons. The molecule has 2 fully saturated rings. The van der Waals surface area contributed by atoms with Gasteiger partial charge >= 0.3 is 0 Å². The van der Waals surface area contributed by atoms with E-state index in [0.717, 1.165) is 31.2 Å². The van der Waals surface area contributed by atoms with Crippen LogP contribution in [0.4, 0.5) is 0 Å². The van der Waals surface area contributed by atoms with E-state index in [0.29, 0.717) is 25.1 Å². The molecule has 0 N–H and O–H groups in total. The molecule has 8 nitrogen and oxygen atoms in total. The van der Waals surface area contributed by atoms with E-state index in [9.17, 15) is 4.79 Å². The second-order valence-electron chi connectivity index (χ2n) is 7.46. The molecule has 0 bridgehead atoms. The van der Waals surface area contributed by atoms with Gasteiger partial charge in [0.05, 0.1) is 19.1 Å². The fourth-order valence-corrected chi connectivity index (χ4v) is 3.98. The van der Waals surface area contributed by atoms with Gasteiger partial charge in [-0.3, -0.25) is 9.69 Å². The first kappa shape index (κ1) is 17.2. The SMILES string of the molecule is CN(C)C(=O)C[C@H]1CN2C[C@H](n3ccnc3-c3nccn3C)C[C@H]2CO1. The molecule has 4 heterocycles. The lowest BCUT2D eigenvalue weighted by molar-refractivity contribution is -0.134. The van der Waals surface area contributed by atoms with Crippen LogP contribution in [0.3, 0.4) is 0 Å². The lowest BCUT2D eigenvalue weighted by Crippen LogP contribution is -2.47. The molecule has 3 atom stereocenters. The number of hydrogen-bond acceptors (Lipinski definition) is 5. The number of nitrogens with zero attached hydrogens (tertiary/aromatic N) is 6. The Morgan fingerprint density at radius 1 is 1.19 bits per heavy atom. The molecular weight excluding hydrogens is 332 g/mol. The minimum absolute atomic E-state index is 0.0169. The van der Waals surface area contributed by atoms with Crippen LogP contribution in [0.25, 0.3) is 11.6 Å². The Labute approximate surface area is 153 Å². The minimum Gasteiger partial charge on any atom is -0.375 e. The maximum Gasteiger partial charge on any atom is 0.224 e. The summed E-state index contributed by atoms with van der Waals surface area (Å²) in [5, 5.41) is 0. The molecule has 0 saturated carbocycles. The molecule has 0 spiro atoms. The predicted octanol–water partition coefficient (Wildman–Crippen LogP) is 0.776. The highest BCUT2D eigenvalue weighted by Gasteiger charge is 2.39. The maximum atomic E-state index is 12.0. The van der Waals surface area contributed by atoms with E-state index in [4.69, 9.17) is 4.74 Å². The van der Waals surface area contributed by atoms with Gasteiger partial charge < -0.3 is 18.8 Å². The normalized spacial score (nSPS) is 26.0. The number of aryl methyl sites for hydroxylation is 1. The molecule has 2 aliphatic heterocycles. The highest BCUT2D eigenvalue weighted by atomic mass is 16.5. The Balaban J connectivity index is 1.46. The van der Waals surface area contributed by atoms with Crippen LogP contribution < -0.4 is 0 Å². The number of rotatable bonds is 4. The van der Waals surface area contributed by atoms with E-state index in [1.807, 2.05) is 30.2 Å². The largest absolute Gasteiger partial charge is 0.375 e. The van der Waals surface area contributed by atoms with Crippen molar-refractivity contribution < 1.29 is 9.53 Å². The molecule has 2 saturated heterocycles. The van der Waals surface area contributed by atoms with Crippen LogP contribution in [0.15, 0.2) is 24.8 Å². The number of hydrogen-bond donors (Lipinski definition) is 0. The average Bonchev–Trinajstić information content (AvgIpc) is 3.31. The molecule has 0 aromatic carbocycles. The number of imidazole rings is 2. The Bertz CT molecular complexity index is 782. The zero-order valence-electron chi connectivity index (χ0n) is 15.6. The monoisotopic (exact) mass is 358 g/mol. The molecule has 2 aromatic heterocycles. The summed E-state index contributed by atoms with van der Waals surface area (Å²) in [4.78, 5) is 25.0. The van der Waals surface area contributed by atoms with Crippen molar-refractivity contribution in [3.05, 3.63) is 24.8 Å². The van der Waals surface area contributed by atoms with Crippen molar-refractivity contribution in [2.24, 2.45) is 7.05 Å². The van der Waals surface area contributed by atoms with Gasteiger partial charge in [0.15, 0.2) is 11.6 Å². The van der Waals surface area contributed by atoms with Crippen molar-refractivity contribution in [1.82, 2.24) is 28.9 Å². The standard InChI is InChI=1S/C18H26N6O2/c1-21(2)16(25)9-15-11-23-10-13(8-14(23)12-26-15)24-7-5-20-18(24)17-19-4-6-22(17)3/h4-7,13-15H,8-12H2,1-3H3/t13-,14+,15+/m1/s1. The molecule has 4 rings (SSSR count). The van der Waals surface area contributed by atoms with Gasteiger partial charge in [-0.2, -0.15) is 0 Å². The smallest absolute Gasteiger partial charge is 0.224 e. The predicted molar refractivity (Wildman–Crippen MR) is 96.5 cm³/mol. The Morgan fingerprint density at radius 3 is 2.69 bits per heavy atom. The lowest BCUT2D eigenvalue weighted by atomic mass is 10.1. The average molecular weight is 358 g/mol. The summed E-state index contributed by atoms with van der Waals surface area (Å²) in [6, 6.07) is 0.753. The van der Waals surface area contributed by atoms with Crippen LogP contribution >= 0.6 is 0 Å². The molecule has 26 heavy (non-hydrogen) atoms. The molecular formula is C18H26N6O2. The van der Waals surface area contributed by atoms with Crippen LogP contribution in [0.5, 0.6) is 0 Å². The highest BCUT2D eigenvalue weighted by molar-refractivity contribution is 5.76. The third-order valence-corrected chi connectivity index (χ3v) is 5.45. The van der Waals surface area contributed by atoms with Crippen molar-refractivity contribution in [1.29, 1.82) is 0 Å². The second-order valence-corrected chi connectivity index (χ2v) is 7.46. The Morgan fingerprint density at radius 2 is 1.96 bits per heavy atom. The molecule has 8 heteroatoms. The van der Waals surface area contributed by atoms with Crippen molar-refractivity contribution in [3.63, 3.8) is 0 Å². The Hall–Kier alpha value is -2.19. The first-order chi connectivity index (χ1) is 12.5. The molecule has 2 aromatic rings. The summed E-state index contributed by atoms with van der Waals surface area (Å²) in [7, 11) is 5.57. The van der Waals surface area contributed by atoms with E-state index in [2.05, 4.69) is 19.4 Å². The summed E-state index contributed by atoms with van der Waals surface area (Å²) >= 11 is 0. The van der Waals surface area contributed by atoms with Crippen LogP contribution in [-0.2, 0) is 16.6 Å². The molecule has 140 valence electrons. The summed E-state index contributed by atoms with van der Waals surface area (Å²) in [6.07, 6.45) is 9.08. The molecule has 2 aliphatic rings. The molecule has 0 unspecified atom stereocenters. The van der Waals surface area contributed by atoms with Gasteiger partial charge in [0.2, 0.25) is 5.91 Å². The summed E-state index contributed by atoms with van der Waals surface area (Å²) in [5.74, 6) is 1.91. The fourth-order valence-electron chi connectivity index (χ4n) is 3.98. The van der Waals surface area contributed by atoms with E-state index < -0.39 is 0 Å². The first-order valence-electron chi connectivity index (χ1n) is 9.09. The van der Waals surface area contributed by atoms with Crippen molar-refractivity contribution in [3.8, 4) is 11.6 Å². The quantitative estimate of drug-likeness (QED) is 0.808. The van der Waals surface area contributed by atoms with Gasteiger partial charge in [-0.05, 0) is 6.42 Å². The van der Waals surface area contributed by atoms with E-state index in [-0.39, 0.29) is 12.0 Å². The molecule has 1 amide bonds. The van der Waals surface area contributed by atoms with E-state index >= 15 is 0 Å². The number of amides is 1. The molecule has 0 aliphatic carbocycles. The summed E-state index contributed by atoms with van der Waals surface area (Å²) in [5.41, 5.74) is 0.